The van der Waals surface area contributed by atoms with E-state index in [1.165, 1.54) is 10.4 Å². The standard InChI is InChI=1S/C25H24ClN3O4S/c1-17-16-28(13-14-29(17)34(30,31)19-8-5-7-18(26)15-19)25-20-9-6-12-23(32-2)24(20)33-22-11-4-3-10-21(22)27-25/h3-12,15,17H,13-14,16H2,1-2H3/t17-/m1/s1. The number of amidine groups is 1. The quantitative estimate of drug-likeness (QED) is 0.513. The van der Waals surface area contributed by atoms with E-state index in [1.807, 2.05) is 49.4 Å². The molecule has 1 fully saturated rings. The predicted octanol–water partition coefficient (Wildman–Crippen LogP) is 4.93. The minimum absolute atomic E-state index is 0.199. The van der Waals surface area contributed by atoms with E-state index in [0.717, 1.165) is 11.4 Å². The summed E-state index contributed by atoms with van der Waals surface area (Å²) in [6.07, 6.45) is 0. The third-order valence-electron chi connectivity index (χ3n) is 6.01. The first-order chi connectivity index (χ1) is 16.4. The molecule has 0 spiro atoms. The first-order valence-electron chi connectivity index (χ1n) is 10.9. The molecule has 0 unspecified atom stereocenters. The topological polar surface area (TPSA) is 71.4 Å². The van der Waals surface area contributed by atoms with Crippen molar-refractivity contribution in [2.75, 3.05) is 26.7 Å². The van der Waals surface area contributed by atoms with Crippen LogP contribution in [0.5, 0.6) is 17.2 Å². The van der Waals surface area contributed by atoms with Crippen LogP contribution in [0.2, 0.25) is 5.02 Å². The normalized spacial score (nSPS) is 18.3. The molecule has 1 atom stereocenters. The van der Waals surface area contributed by atoms with E-state index in [1.54, 1.807) is 25.3 Å². The maximum atomic E-state index is 13.3. The molecule has 0 bridgehead atoms. The van der Waals surface area contributed by atoms with E-state index < -0.39 is 10.0 Å². The average Bonchev–Trinajstić information content (AvgIpc) is 3.00. The van der Waals surface area contributed by atoms with Gasteiger partial charge in [-0.15, -0.1) is 0 Å². The van der Waals surface area contributed by atoms with Crippen LogP contribution in [-0.2, 0) is 10.0 Å². The Hall–Kier alpha value is -3.07. The first kappa shape index (κ1) is 22.7. The monoisotopic (exact) mass is 497 g/mol. The highest BCUT2D eigenvalue weighted by Crippen LogP contribution is 2.43. The summed E-state index contributed by atoms with van der Waals surface area (Å²) in [6.45, 7) is 3.17. The molecule has 0 radical (unpaired) electrons. The molecule has 0 aliphatic carbocycles. The summed E-state index contributed by atoms with van der Waals surface area (Å²) in [5, 5.41) is 0.393. The lowest BCUT2D eigenvalue weighted by Gasteiger charge is -2.40. The molecule has 34 heavy (non-hydrogen) atoms. The fourth-order valence-corrected chi connectivity index (χ4v) is 6.29. The number of aliphatic imine (C=N–C) groups is 1. The van der Waals surface area contributed by atoms with Crippen LogP contribution in [0.15, 0.2) is 76.6 Å². The van der Waals surface area contributed by atoms with Gasteiger partial charge in [0.2, 0.25) is 10.0 Å². The number of piperazine rings is 1. The summed E-state index contributed by atoms with van der Waals surface area (Å²) in [5.74, 6) is 2.57. The number of benzene rings is 3. The van der Waals surface area contributed by atoms with Crippen LogP contribution in [0, 0.1) is 0 Å². The van der Waals surface area contributed by atoms with Crippen molar-refractivity contribution >= 4 is 33.1 Å². The van der Waals surface area contributed by atoms with Gasteiger partial charge >= 0.3 is 0 Å². The van der Waals surface area contributed by atoms with Crippen molar-refractivity contribution in [1.29, 1.82) is 0 Å². The van der Waals surface area contributed by atoms with E-state index in [0.29, 0.717) is 47.6 Å². The highest BCUT2D eigenvalue weighted by Gasteiger charge is 2.36. The SMILES string of the molecule is COc1cccc2c1Oc1ccccc1N=C2N1CCN(S(=O)(=O)c2cccc(Cl)c2)[C@H](C)C1. The Morgan fingerprint density at radius 3 is 2.62 bits per heavy atom. The molecule has 0 aromatic heterocycles. The van der Waals surface area contributed by atoms with Gasteiger partial charge in [-0.05, 0) is 49.4 Å². The maximum absolute atomic E-state index is 13.3. The number of fused-ring (bicyclic) bond motifs is 2. The largest absolute Gasteiger partial charge is 0.493 e. The van der Waals surface area contributed by atoms with Crippen LogP contribution >= 0.6 is 11.6 Å². The molecule has 2 aliphatic heterocycles. The Morgan fingerprint density at radius 2 is 1.85 bits per heavy atom. The number of hydrogen-bond acceptors (Lipinski definition) is 6. The third-order valence-corrected chi connectivity index (χ3v) is 8.26. The van der Waals surface area contributed by atoms with Crippen LogP contribution < -0.4 is 9.47 Å². The molecule has 2 heterocycles. The molecular weight excluding hydrogens is 474 g/mol. The second-order valence-corrected chi connectivity index (χ2v) is 10.5. The zero-order valence-electron chi connectivity index (χ0n) is 18.8. The summed E-state index contributed by atoms with van der Waals surface area (Å²) in [5.41, 5.74) is 1.51. The van der Waals surface area contributed by atoms with E-state index in [9.17, 15) is 8.42 Å². The summed E-state index contributed by atoms with van der Waals surface area (Å²) in [4.78, 5) is 7.26. The van der Waals surface area contributed by atoms with Gasteiger partial charge in [-0.25, -0.2) is 13.4 Å². The molecule has 7 nitrogen and oxygen atoms in total. The smallest absolute Gasteiger partial charge is 0.243 e. The molecule has 0 N–H and O–H groups in total. The number of methoxy groups -OCH3 is 1. The summed E-state index contributed by atoms with van der Waals surface area (Å²) >= 11 is 6.05. The van der Waals surface area contributed by atoms with Gasteiger partial charge in [0.1, 0.15) is 11.5 Å². The van der Waals surface area contributed by atoms with Crippen molar-refractivity contribution in [2.45, 2.75) is 17.9 Å². The molecule has 1 saturated heterocycles. The van der Waals surface area contributed by atoms with Crippen LogP contribution in [0.4, 0.5) is 5.69 Å². The zero-order chi connectivity index (χ0) is 23.9. The molecule has 0 amide bonds. The van der Waals surface area contributed by atoms with Crippen LogP contribution in [0.1, 0.15) is 12.5 Å². The Kier molecular flexibility index (Phi) is 5.97. The third kappa shape index (κ3) is 4.02. The van der Waals surface area contributed by atoms with Gasteiger partial charge in [0, 0.05) is 30.7 Å². The number of sulfonamides is 1. The minimum Gasteiger partial charge on any atom is -0.493 e. The van der Waals surface area contributed by atoms with Gasteiger partial charge in [0.25, 0.3) is 0 Å². The number of para-hydroxylation sites is 3. The van der Waals surface area contributed by atoms with Gasteiger partial charge < -0.3 is 14.4 Å². The van der Waals surface area contributed by atoms with Gasteiger partial charge in [0.15, 0.2) is 17.2 Å². The Labute approximate surface area is 204 Å². The minimum atomic E-state index is -3.68. The van der Waals surface area contributed by atoms with Crippen LogP contribution in [-0.4, -0.2) is 56.2 Å². The van der Waals surface area contributed by atoms with Crippen molar-refractivity contribution < 1.29 is 17.9 Å². The zero-order valence-corrected chi connectivity index (χ0v) is 20.4. The number of rotatable bonds is 3. The average molecular weight is 498 g/mol. The van der Waals surface area contributed by atoms with Crippen LogP contribution in [0.3, 0.4) is 0 Å². The van der Waals surface area contributed by atoms with E-state index in [-0.39, 0.29) is 10.9 Å². The molecule has 2 aliphatic rings. The Bertz CT molecular complexity index is 1380. The molecular formula is C25H24ClN3O4S. The Balaban J connectivity index is 1.50. The van der Waals surface area contributed by atoms with Gasteiger partial charge in [-0.3, -0.25) is 0 Å². The number of hydrogen-bond donors (Lipinski definition) is 0. The molecule has 0 saturated carbocycles. The predicted molar refractivity (Wildman–Crippen MR) is 132 cm³/mol. The second kappa shape index (κ2) is 8.94. The molecule has 3 aromatic rings. The number of nitrogens with zero attached hydrogens (tertiary/aromatic N) is 3. The van der Waals surface area contributed by atoms with Crippen molar-refractivity contribution in [1.82, 2.24) is 9.21 Å². The van der Waals surface area contributed by atoms with E-state index in [4.69, 9.17) is 26.1 Å². The maximum Gasteiger partial charge on any atom is 0.243 e. The molecule has 3 aromatic carbocycles. The fourth-order valence-electron chi connectivity index (χ4n) is 4.37. The highest BCUT2D eigenvalue weighted by atomic mass is 35.5. The van der Waals surface area contributed by atoms with E-state index >= 15 is 0 Å². The summed E-state index contributed by atoms with van der Waals surface area (Å²) in [6, 6.07) is 19.4. The van der Waals surface area contributed by atoms with Crippen LogP contribution in [0.25, 0.3) is 0 Å². The number of halogens is 1. The lowest BCUT2D eigenvalue weighted by atomic mass is 10.1. The van der Waals surface area contributed by atoms with E-state index in [2.05, 4.69) is 4.90 Å². The lowest BCUT2D eigenvalue weighted by molar-refractivity contribution is 0.205. The van der Waals surface area contributed by atoms with Crippen molar-refractivity contribution in [2.24, 2.45) is 4.99 Å². The molecule has 5 rings (SSSR count). The summed E-state index contributed by atoms with van der Waals surface area (Å²) in [7, 11) is -2.07. The van der Waals surface area contributed by atoms with Crippen molar-refractivity contribution in [3.63, 3.8) is 0 Å². The van der Waals surface area contributed by atoms with Crippen molar-refractivity contribution in [3.8, 4) is 17.2 Å². The number of ether oxygens (including phenoxy) is 2. The van der Waals surface area contributed by atoms with Gasteiger partial charge in [-0.2, -0.15) is 4.31 Å². The Morgan fingerprint density at radius 1 is 1.06 bits per heavy atom. The first-order valence-corrected chi connectivity index (χ1v) is 12.8. The fraction of sp³-hybridized carbons (Fsp3) is 0.240. The van der Waals surface area contributed by atoms with Gasteiger partial charge in [0.05, 0.1) is 17.6 Å². The lowest BCUT2D eigenvalue weighted by Crippen LogP contribution is -2.55. The molecule has 176 valence electrons. The summed E-state index contributed by atoms with van der Waals surface area (Å²) < 4.78 is 40.0. The molecule has 9 heteroatoms. The van der Waals surface area contributed by atoms with Gasteiger partial charge in [-0.1, -0.05) is 35.9 Å². The second-order valence-electron chi connectivity index (χ2n) is 8.21. The highest BCUT2D eigenvalue weighted by molar-refractivity contribution is 7.89. The van der Waals surface area contributed by atoms with Crippen molar-refractivity contribution in [3.05, 3.63) is 77.3 Å².